The molecule has 6 nitrogen and oxygen atoms in total. The monoisotopic (exact) mass is 188 g/mol. The number of hydrogen-bond acceptors (Lipinski definition) is 6. The first kappa shape index (κ1) is 8.88. The molecule has 0 saturated carbocycles. The molecule has 0 bridgehead atoms. The summed E-state index contributed by atoms with van der Waals surface area (Å²) in [6.07, 6.45) is 1.23. The zero-order chi connectivity index (χ0) is 9.14. The molecule has 0 radical (unpaired) electrons. The van der Waals surface area contributed by atoms with Gasteiger partial charge in [-0.1, -0.05) is 0 Å². The largest absolute Gasteiger partial charge is 0.345 e. The van der Waals surface area contributed by atoms with Crippen LogP contribution >= 0.6 is 11.3 Å². The normalized spacial score (nSPS) is 10.2. The first-order chi connectivity index (χ1) is 5.59. The number of nitro groups is 1. The Labute approximate surface area is 73.0 Å². The van der Waals surface area contributed by atoms with Gasteiger partial charge in [-0.05, 0) is 11.3 Å². The summed E-state index contributed by atoms with van der Waals surface area (Å²) < 4.78 is 0. The second-order valence-corrected chi connectivity index (χ2v) is 3.28. The van der Waals surface area contributed by atoms with Crippen LogP contribution < -0.4 is 5.43 Å². The molecule has 0 aliphatic rings. The Morgan fingerprint density at radius 1 is 1.75 bits per heavy atom. The molecule has 1 aromatic rings. The number of aromatic nitrogens is 1. The second-order valence-electron chi connectivity index (χ2n) is 2.27. The molecule has 0 aliphatic heterocycles. The SMILES string of the molecule is CN(C)Nc1ncc([N+](=O)[O-])s1. The fourth-order valence-electron chi connectivity index (χ4n) is 0.593. The molecule has 0 aromatic carbocycles. The number of nitrogens with zero attached hydrogens (tertiary/aromatic N) is 3. The number of hydrazine groups is 1. The van der Waals surface area contributed by atoms with E-state index < -0.39 is 4.92 Å². The lowest BCUT2D eigenvalue weighted by Gasteiger charge is -2.08. The molecule has 0 amide bonds. The van der Waals surface area contributed by atoms with E-state index in [1.54, 1.807) is 19.1 Å². The zero-order valence-electron chi connectivity index (χ0n) is 6.64. The van der Waals surface area contributed by atoms with Gasteiger partial charge in [0.15, 0.2) is 0 Å². The van der Waals surface area contributed by atoms with Gasteiger partial charge in [-0.2, -0.15) is 0 Å². The van der Waals surface area contributed by atoms with E-state index in [0.717, 1.165) is 11.3 Å². The van der Waals surface area contributed by atoms with Crippen LogP contribution in [0.5, 0.6) is 0 Å². The maximum Gasteiger partial charge on any atom is 0.345 e. The van der Waals surface area contributed by atoms with Gasteiger partial charge < -0.3 is 0 Å². The molecule has 0 unspecified atom stereocenters. The average Bonchev–Trinajstić information content (AvgIpc) is 2.34. The summed E-state index contributed by atoms with van der Waals surface area (Å²) >= 11 is 1.01. The van der Waals surface area contributed by atoms with E-state index in [1.165, 1.54) is 6.20 Å². The van der Waals surface area contributed by atoms with E-state index in [2.05, 4.69) is 10.4 Å². The van der Waals surface area contributed by atoms with Crippen molar-refractivity contribution in [3.8, 4) is 0 Å². The number of rotatable bonds is 3. The summed E-state index contributed by atoms with van der Waals surface area (Å²) in [6.45, 7) is 0. The van der Waals surface area contributed by atoms with Crippen molar-refractivity contribution in [2.45, 2.75) is 0 Å². The Morgan fingerprint density at radius 2 is 2.42 bits per heavy atom. The molecule has 7 heteroatoms. The fourth-order valence-corrected chi connectivity index (χ4v) is 1.30. The smallest absolute Gasteiger partial charge is 0.295 e. The van der Waals surface area contributed by atoms with Crippen LogP contribution in [0, 0.1) is 10.1 Å². The van der Waals surface area contributed by atoms with Crippen LogP contribution in [0.4, 0.5) is 10.1 Å². The first-order valence-electron chi connectivity index (χ1n) is 3.14. The molecule has 1 rings (SSSR count). The molecule has 0 saturated heterocycles. The molecule has 0 atom stereocenters. The van der Waals surface area contributed by atoms with Crippen molar-refractivity contribution in [3.05, 3.63) is 16.3 Å². The lowest BCUT2D eigenvalue weighted by molar-refractivity contribution is -0.380. The average molecular weight is 188 g/mol. The summed E-state index contributed by atoms with van der Waals surface area (Å²) in [6, 6.07) is 0. The number of hydrogen-bond donors (Lipinski definition) is 1. The van der Waals surface area contributed by atoms with Crippen molar-refractivity contribution >= 4 is 21.5 Å². The Hall–Kier alpha value is -1.21. The topological polar surface area (TPSA) is 71.3 Å². The van der Waals surface area contributed by atoms with Gasteiger partial charge in [-0.25, -0.2) is 9.99 Å². The maximum absolute atomic E-state index is 10.2. The summed E-state index contributed by atoms with van der Waals surface area (Å²) in [4.78, 5) is 13.6. The van der Waals surface area contributed by atoms with Gasteiger partial charge in [0.25, 0.3) is 0 Å². The quantitative estimate of drug-likeness (QED) is 0.564. The van der Waals surface area contributed by atoms with Crippen LogP contribution in [0.15, 0.2) is 6.20 Å². The Balaban J connectivity index is 2.71. The summed E-state index contributed by atoms with van der Waals surface area (Å²) in [7, 11) is 3.57. The van der Waals surface area contributed by atoms with Crippen molar-refractivity contribution in [2.75, 3.05) is 19.5 Å². The third kappa shape index (κ3) is 2.14. The van der Waals surface area contributed by atoms with E-state index in [4.69, 9.17) is 0 Å². The van der Waals surface area contributed by atoms with Crippen molar-refractivity contribution in [3.63, 3.8) is 0 Å². The highest BCUT2D eigenvalue weighted by atomic mass is 32.1. The minimum absolute atomic E-state index is 0.0411. The lowest BCUT2D eigenvalue weighted by Crippen LogP contribution is -2.19. The number of anilines is 1. The number of thiazole rings is 1. The molecule has 1 aromatic heterocycles. The summed E-state index contributed by atoms with van der Waals surface area (Å²) in [5.74, 6) is 0. The molecule has 12 heavy (non-hydrogen) atoms. The number of nitrogens with one attached hydrogen (secondary N) is 1. The van der Waals surface area contributed by atoms with E-state index in [1.807, 2.05) is 0 Å². The van der Waals surface area contributed by atoms with E-state index >= 15 is 0 Å². The van der Waals surface area contributed by atoms with Gasteiger partial charge in [0.1, 0.15) is 6.20 Å². The Kier molecular flexibility index (Phi) is 2.56. The second kappa shape index (κ2) is 3.46. The Bertz CT molecular complexity index is 285. The summed E-state index contributed by atoms with van der Waals surface area (Å²) in [5.41, 5.74) is 2.82. The van der Waals surface area contributed by atoms with Crippen LogP contribution in [0.2, 0.25) is 0 Å². The van der Waals surface area contributed by atoms with Gasteiger partial charge in [0.05, 0.1) is 4.92 Å². The predicted octanol–water partition coefficient (Wildman–Crippen LogP) is 0.940. The molecule has 1 N–H and O–H groups in total. The van der Waals surface area contributed by atoms with Crippen molar-refractivity contribution in [1.29, 1.82) is 0 Å². The van der Waals surface area contributed by atoms with E-state index in [0.29, 0.717) is 5.13 Å². The van der Waals surface area contributed by atoms with Gasteiger partial charge in [-0.15, -0.1) is 0 Å². The van der Waals surface area contributed by atoms with Crippen molar-refractivity contribution in [2.24, 2.45) is 0 Å². The molecule has 0 fully saturated rings. The predicted molar refractivity (Wildman–Crippen MR) is 46.1 cm³/mol. The van der Waals surface area contributed by atoms with Crippen molar-refractivity contribution < 1.29 is 4.92 Å². The molecular formula is C5H8N4O2S. The highest BCUT2D eigenvalue weighted by Crippen LogP contribution is 2.24. The molecule has 0 aliphatic carbocycles. The zero-order valence-corrected chi connectivity index (χ0v) is 7.46. The molecule has 1 heterocycles. The van der Waals surface area contributed by atoms with Gasteiger partial charge in [0, 0.05) is 14.1 Å². The minimum atomic E-state index is -0.460. The van der Waals surface area contributed by atoms with Crippen LogP contribution in [0.1, 0.15) is 0 Å². The van der Waals surface area contributed by atoms with Gasteiger partial charge >= 0.3 is 5.00 Å². The molecule has 0 spiro atoms. The third-order valence-electron chi connectivity index (χ3n) is 0.993. The summed E-state index contributed by atoms with van der Waals surface area (Å²) in [5, 5.41) is 12.5. The molecular weight excluding hydrogens is 180 g/mol. The lowest BCUT2D eigenvalue weighted by atomic mass is 10.9. The first-order valence-corrected chi connectivity index (χ1v) is 3.95. The van der Waals surface area contributed by atoms with Crippen LogP contribution in [0.25, 0.3) is 0 Å². The highest BCUT2D eigenvalue weighted by Gasteiger charge is 2.10. The fraction of sp³-hybridized carbons (Fsp3) is 0.400. The van der Waals surface area contributed by atoms with Crippen LogP contribution in [0.3, 0.4) is 0 Å². The molecule has 66 valence electrons. The third-order valence-corrected chi connectivity index (χ3v) is 1.85. The van der Waals surface area contributed by atoms with E-state index in [-0.39, 0.29) is 5.00 Å². The highest BCUT2D eigenvalue weighted by molar-refractivity contribution is 7.18. The van der Waals surface area contributed by atoms with Gasteiger partial charge in [-0.3, -0.25) is 15.5 Å². The Morgan fingerprint density at radius 3 is 2.83 bits per heavy atom. The van der Waals surface area contributed by atoms with E-state index in [9.17, 15) is 10.1 Å². The van der Waals surface area contributed by atoms with Crippen LogP contribution in [-0.2, 0) is 0 Å². The standard InChI is InChI=1S/C5H8N4O2S/c1-8(2)7-5-6-3-4(12-5)9(10)11/h3H,1-2H3,(H,6,7). The maximum atomic E-state index is 10.2. The minimum Gasteiger partial charge on any atom is -0.295 e. The van der Waals surface area contributed by atoms with Crippen molar-refractivity contribution in [1.82, 2.24) is 9.99 Å². The van der Waals surface area contributed by atoms with Gasteiger partial charge in [0.2, 0.25) is 5.13 Å². The van der Waals surface area contributed by atoms with Crippen LogP contribution in [-0.4, -0.2) is 29.0 Å².